The third-order valence-corrected chi connectivity index (χ3v) is 4.99. The van der Waals surface area contributed by atoms with Crippen molar-refractivity contribution in [3.05, 3.63) is 24.3 Å². The summed E-state index contributed by atoms with van der Waals surface area (Å²) >= 11 is 0. The van der Waals surface area contributed by atoms with Gasteiger partial charge in [0.2, 0.25) is 5.91 Å². The fourth-order valence-corrected chi connectivity index (χ4v) is 3.21. The number of hydrogen-bond donors (Lipinski definition) is 2. The van der Waals surface area contributed by atoms with Gasteiger partial charge in [-0.05, 0) is 31.4 Å². The lowest BCUT2D eigenvalue weighted by Crippen LogP contribution is -2.41. The smallest absolute Gasteiger partial charge is 0.313 e. The Morgan fingerprint density at radius 1 is 1.33 bits per heavy atom. The van der Waals surface area contributed by atoms with Gasteiger partial charge in [-0.2, -0.15) is 0 Å². The van der Waals surface area contributed by atoms with Crippen molar-refractivity contribution in [3.8, 4) is 5.75 Å². The van der Waals surface area contributed by atoms with Gasteiger partial charge in [0.15, 0.2) is 6.61 Å². The molecule has 1 aliphatic carbocycles. The molecular weight excluding hydrogens is 352 g/mol. The number of hydrogen-bond acceptors (Lipinski definition) is 5. The second-order valence-corrected chi connectivity index (χ2v) is 7.16. The van der Waals surface area contributed by atoms with Crippen molar-refractivity contribution in [2.24, 2.45) is 11.3 Å². The van der Waals surface area contributed by atoms with Crippen LogP contribution in [-0.4, -0.2) is 61.2 Å². The number of carboxylic acid groups (broad SMARTS) is 1. The van der Waals surface area contributed by atoms with Crippen molar-refractivity contribution < 1.29 is 29.0 Å². The first-order valence-electron chi connectivity index (χ1n) is 8.97. The number of methoxy groups -OCH3 is 1. The van der Waals surface area contributed by atoms with Gasteiger partial charge in [0.25, 0.3) is 5.91 Å². The molecule has 0 aromatic heterocycles. The van der Waals surface area contributed by atoms with Crippen LogP contribution >= 0.6 is 0 Å². The quantitative estimate of drug-likeness (QED) is 0.710. The summed E-state index contributed by atoms with van der Waals surface area (Å²) in [5.74, 6) is -0.657. The number of anilines is 1. The third kappa shape index (κ3) is 4.57. The summed E-state index contributed by atoms with van der Waals surface area (Å²) in [6, 6.07) is 6.88. The molecule has 1 aromatic carbocycles. The predicted octanol–water partition coefficient (Wildman–Crippen LogP) is 1.36. The molecule has 1 saturated heterocycles. The first kappa shape index (κ1) is 19.2. The van der Waals surface area contributed by atoms with E-state index >= 15 is 0 Å². The molecule has 8 heteroatoms. The maximum absolute atomic E-state index is 12.4. The number of benzene rings is 1. The molecule has 1 heterocycles. The van der Waals surface area contributed by atoms with Crippen LogP contribution in [0.1, 0.15) is 19.3 Å². The highest BCUT2D eigenvalue weighted by Crippen LogP contribution is 2.32. The molecule has 2 aliphatic rings. The fraction of sp³-hybridized carbons (Fsp3) is 0.526. The molecule has 1 aliphatic heterocycles. The number of carbonyl (C=O) groups is 3. The SMILES string of the molecule is COCC1(C(=O)O)CCN(C(=O)COc2cccc(NC(=O)C3CC3)c2)C1. The average Bonchev–Trinajstić information content (AvgIpc) is 3.41. The molecular formula is C19H24N2O6. The molecule has 0 spiro atoms. The molecule has 3 rings (SSSR count). The standard InChI is InChI=1S/C19H24N2O6/c1-26-12-19(18(24)25)7-8-21(11-19)16(22)10-27-15-4-2-3-14(9-15)20-17(23)13-5-6-13/h2-4,9,13H,5-8,10-12H2,1H3,(H,20,23)(H,24,25). The minimum atomic E-state index is -1.06. The molecule has 1 aromatic rings. The number of nitrogens with one attached hydrogen (secondary N) is 1. The van der Waals surface area contributed by atoms with E-state index in [0.29, 0.717) is 24.4 Å². The first-order valence-corrected chi connectivity index (χ1v) is 8.97. The zero-order valence-corrected chi connectivity index (χ0v) is 15.3. The minimum absolute atomic E-state index is 0.00319. The molecule has 8 nitrogen and oxygen atoms in total. The molecule has 1 atom stereocenters. The van der Waals surface area contributed by atoms with Crippen molar-refractivity contribution in [3.63, 3.8) is 0 Å². The molecule has 0 bridgehead atoms. The fourth-order valence-electron chi connectivity index (χ4n) is 3.21. The van der Waals surface area contributed by atoms with E-state index < -0.39 is 11.4 Å². The number of aliphatic carboxylic acids is 1. The molecule has 1 saturated carbocycles. The number of carboxylic acids is 1. The zero-order chi connectivity index (χ0) is 19.4. The van der Waals surface area contributed by atoms with Crippen LogP contribution in [0, 0.1) is 11.3 Å². The Morgan fingerprint density at radius 2 is 2.11 bits per heavy atom. The highest BCUT2D eigenvalue weighted by molar-refractivity contribution is 5.94. The largest absolute Gasteiger partial charge is 0.484 e. The first-order chi connectivity index (χ1) is 12.9. The van der Waals surface area contributed by atoms with Crippen LogP contribution in [0.25, 0.3) is 0 Å². The number of ether oxygens (including phenoxy) is 2. The van der Waals surface area contributed by atoms with Crippen LogP contribution in [0.2, 0.25) is 0 Å². The second kappa shape index (κ2) is 7.96. The van der Waals surface area contributed by atoms with Crippen molar-refractivity contribution in [2.75, 3.05) is 38.7 Å². The molecule has 2 fully saturated rings. The summed E-state index contributed by atoms with van der Waals surface area (Å²) in [6.45, 7) is 0.337. The summed E-state index contributed by atoms with van der Waals surface area (Å²) < 4.78 is 10.6. The lowest BCUT2D eigenvalue weighted by Gasteiger charge is -2.23. The van der Waals surface area contributed by atoms with E-state index in [1.165, 1.54) is 12.0 Å². The summed E-state index contributed by atoms with van der Waals surface area (Å²) in [7, 11) is 1.45. The van der Waals surface area contributed by atoms with Crippen LogP contribution in [0.15, 0.2) is 24.3 Å². The highest BCUT2D eigenvalue weighted by atomic mass is 16.5. The lowest BCUT2D eigenvalue weighted by atomic mass is 9.88. The Bertz CT molecular complexity index is 733. The molecule has 2 N–H and O–H groups in total. The normalized spacial score (nSPS) is 21.7. The lowest BCUT2D eigenvalue weighted by molar-refractivity contribution is -0.151. The van der Waals surface area contributed by atoms with Gasteiger partial charge in [0, 0.05) is 37.9 Å². The van der Waals surface area contributed by atoms with Gasteiger partial charge in [-0.15, -0.1) is 0 Å². The van der Waals surface area contributed by atoms with Crippen LogP contribution < -0.4 is 10.1 Å². The third-order valence-electron chi connectivity index (χ3n) is 4.99. The van der Waals surface area contributed by atoms with Crippen molar-refractivity contribution in [1.29, 1.82) is 0 Å². The number of rotatable bonds is 8. The summed E-state index contributed by atoms with van der Waals surface area (Å²) in [5, 5.41) is 12.3. The maximum atomic E-state index is 12.4. The van der Waals surface area contributed by atoms with E-state index in [1.807, 2.05) is 0 Å². The Morgan fingerprint density at radius 3 is 2.78 bits per heavy atom. The summed E-state index contributed by atoms with van der Waals surface area (Å²) in [4.78, 5) is 37.3. The Kier molecular flexibility index (Phi) is 5.65. The Labute approximate surface area is 157 Å². The van der Waals surface area contributed by atoms with E-state index in [2.05, 4.69) is 5.32 Å². The zero-order valence-electron chi connectivity index (χ0n) is 15.3. The van der Waals surface area contributed by atoms with E-state index in [9.17, 15) is 19.5 Å². The van der Waals surface area contributed by atoms with Gasteiger partial charge in [-0.25, -0.2) is 0 Å². The molecule has 27 heavy (non-hydrogen) atoms. The second-order valence-electron chi connectivity index (χ2n) is 7.16. The monoisotopic (exact) mass is 376 g/mol. The number of likely N-dealkylation sites (tertiary alicyclic amines) is 1. The maximum Gasteiger partial charge on any atom is 0.313 e. The highest BCUT2D eigenvalue weighted by Gasteiger charge is 2.46. The van der Waals surface area contributed by atoms with Crippen molar-refractivity contribution >= 4 is 23.5 Å². The molecule has 1 unspecified atom stereocenters. The van der Waals surface area contributed by atoms with E-state index in [-0.39, 0.29) is 37.5 Å². The number of carbonyl (C=O) groups excluding carboxylic acids is 2. The van der Waals surface area contributed by atoms with Gasteiger partial charge in [0.1, 0.15) is 11.2 Å². The van der Waals surface area contributed by atoms with E-state index in [4.69, 9.17) is 9.47 Å². The molecule has 0 radical (unpaired) electrons. The van der Waals surface area contributed by atoms with E-state index in [1.54, 1.807) is 24.3 Å². The van der Waals surface area contributed by atoms with Gasteiger partial charge < -0.3 is 24.8 Å². The number of amides is 2. The minimum Gasteiger partial charge on any atom is -0.484 e. The van der Waals surface area contributed by atoms with Gasteiger partial charge >= 0.3 is 5.97 Å². The molecule has 2 amide bonds. The van der Waals surface area contributed by atoms with Gasteiger partial charge in [0.05, 0.1) is 6.61 Å². The summed E-state index contributed by atoms with van der Waals surface area (Å²) in [5.41, 5.74) is -0.430. The van der Waals surface area contributed by atoms with E-state index in [0.717, 1.165) is 12.8 Å². The predicted molar refractivity (Wildman–Crippen MR) is 96.4 cm³/mol. The van der Waals surface area contributed by atoms with Crippen molar-refractivity contribution in [1.82, 2.24) is 4.90 Å². The van der Waals surface area contributed by atoms with Gasteiger partial charge in [-0.3, -0.25) is 14.4 Å². The van der Waals surface area contributed by atoms with Crippen LogP contribution in [-0.2, 0) is 19.1 Å². The average molecular weight is 376 g/mol. The van der Waals surface area contributed by atoms with Crippen LogP contribution in [0.4, 0.5) is 5.69 Å². The van der Waals surface area contributed by atoms with Crippen LogP contribution in [0.3, 0.4) is 0 Å². The molecule has 146 valence electrons. The summed E-state index contributed by atoms with van der Waals surface area (Å²) in [6.07, 6.45) is 2.20. The number of nitrogens with zero attached hydrogens (tertiary/aromatic N) is 1. The van der Waals surface area contributed by atoms with Crippen molar-refractivity contribution in [2.45, 2.75) is 19.3 Å². The Hall–Kier alpha value is -2.61. The topological polar surface area (TPSA) is 105 Å². The van der Waals surface area contributed by atoms with Gasteiger partial charge in [-0.1, -0.05) is 6.07 Å². The Balaban J connectivity index is 1.53. The van der Waals surface area contributed by atoms with Crippen LogP contribution in [0.5, 0.6) is 5.75 Å².